The fourth-order valence-electron chi connectivity index (χ4n) is 3.22. The molecule has 0 heterocycles. The summed E-state index contributed by atoms with van der Waals surface area (Å²) in [5, 5.41) is 10.0. The van der Waals surface area contributed by atoms with Crippen molar-refractivity contribution in [2.24, 2.45) is 16.7 Å². The normalized spacial score (nSPS) is 56.2. The zero-order chi connectivity index (χ0) is 9.15. The van der Waals surface area contributed by atoms with Crippen molar-refractivity contribution in [2.75, 3.05) is 0 Å². The van der Waals surface area contributed by atoms with Crippen LogP contribution in [0.4, 0.5) is 0 Å². The van der Waals surface area contributed by atoms with Crippen molar-refractivity contribution >= 4 is 15.9 Å². The molecule has 2 rings (SSSR count). The Labute approximate surface area is 82.7 Å². The molecule has 2 heteroatoms. The average molecular weight is 233 g/mol. The van der Waals surface area contributed by atoms with Gasteiger partial charge in [0.1, 0.15) is 0 Å². The third-order valence-electron chi connectivity index (χ3n) is 4.71. The lowest BCUT2D eigenvalue weighted by atomic mass is 9.70. The zero-order valence-electron chi connectivity index (χ0n) is 7.97. The number of aliphatic hydroxyl groups excluding tert-OH is 1. The van der Waals surface area contributed by atoms with Crippen LogP contribution in [0.2, 0.25) is 0 Å². The van der Waals surface area contributed by atoms with E-state index in [-0.39, 0.29) is 11.5 Å². The van der Waals surface area contributed by atoms with Gasteiger partial charge in [-0.15, -0.1) is 0 Å². The molecule has 0 aromatic carbocycles. The average Bonchev–Trinajstić information content (AvgIpc) is 2.26. The van der Waals surface area contributed by atoms with Crippen LogP contribution in [0, 0.1) is 16.7 Å². The van der Waals surface area contributed by atoms with Gasteiger partial charge in [0, 0.05) is 10.2 Å². The molecule has 0 radical (unpaired) electrons. The van der Waals surface area contributed by atoms with Crippen molar-refractivity contribution in [1.82, 2.24) is 0 Å². The van der Waals surface area contributed by atoms with Crippen LogP contribution in [-0.2, 0) is 0 Å². The molecule has 70 valence electrons. The second-order valence-electron chi connectivity index (χ2n) is 5.17. The van der Waals surface area contributed by atoms with Gasteiger partial charge < -0.3 is 5.11 Å². The highest BCUT2D eigenvalue weighted by Gasteiger charge is 2.65. The fourth-order valence-corrected chi connectivity index (χ4v) is 4.73. The lowest BCUT2D eigenvalue weighted by Crippen LogP contribution is -2.37. The molecule has 0 aromatic rings. The van der Waals surface area contributed by atoms with Crippen molar-refractivity contribution in [2.45, 2.75) is 44.5 Å². The number of halogens is 1. The Hall–Kier alpha value is 0.440. The Morgan fingerprint density at radius 3 is 2.17 bits per heavy atom. The minimum Gasteiger partial charge on any atom is -0.391 e. The molecule has 2 saturated carbocycles. The van der Waals surface area contributed by atoms with E-state index < -0.39 is 0 Å². The Balaban J connectivity index is 2.44. The number of aliphatic hydroxyl groups is 1. The molecule has 0 aromatic heterocycles. The smallest absolute Gasteiger partial charge is 0.0726 e. The first-order chi connectivity index (χ1) is 5.41. The summed E-state index contributed by atoms with van der Waals surface area (Å²) in [7, 11) is 0. The van der Waals surface area contributed by atoms with Crippen LogP contribution in [0.3, 0.4) is 0 Å². The minimum absolute atomic E-state index is 0.145. The molecule has 2 aliphatic carbocycles. The Morgan fingerprint density at radius 2 is 1.92 bits per heavy atom. The predicted molar refractivity (Wildman–Crippen MR) is 53.3 cm³/mol. The van der Waals surface area contributed by atoms with E-state index in [0.29, 0.717) is 16.2 Å². The Morgan fingerprint density at radius 1 is 1.33 bits per heavy atom. The van der Waals surface area contributed by atoms with E-state index >= 15 is 0 Å². The Bertz CT molecular complexity index is 214. The fraction of sp³-hybridized carbons (Fsp3) is 1.00. The SMILES string of the molecule is CC1(C)C2CCC1(C)C(O)C2Br. The van der Waals surface area contributed by atoms with E-state index in [1.54, 1.807) is 0 Å². The highest BCUT2D eigenvalue weighted by molar-refractivity contribution is 9.09. The predicted octanol–water partition coefficient (Wildman–Crippen LogP) is 2.57. The quantitative estimate of drug-likeness (QED) is 0.637. The molecule has 2 aliphatic rings. The van der Waals surface area contributed by atoms with Crippen LogP contribution in [0.25, 0.3) is 0 Å². The first-order valence-electron chi connectivity index (χ1n) is 4.73. The summed E-state index contributed by atoms with van der Waals surface area (Å²) in [6, 6.07) is 0. The van der Waals surface area contributed by atoms with Gasteiger partial charge in [0.25, 0.3) is 0 Å². The van der Waals surface area contributed by atoms with Crippen molar-refractivity contribution in [1.29, 1.82) is 0 Å². The second kappa shape index (κ2) is 2.27. The summed E-state index contributed by atoms with van der Waals surface area (Å²) in [5.41, 5.74) is 0.451. The zero-order valence-corrected chi connectivity index (χ0v) is 9.56. The number of fused-ring (bicyclic) bond motifs is 2. The van der Waals surface area contributed by atoms with E-state index in [9.17, 15) is 5.11 Å². The molecule has 12 heavy (non-hydrogen) atoms. The molecule has 2 fully saturated rings. The maximum absolute atomic E-state index is 10.0. The van der Waals surface area contributed by atoms with Gasteiger partial charge in [-0.2, -0.15) is 0 Å². The molecule has 1 N–H and O–H groups in total. The largest absolute Gasteiger partial charge is 0.391 e. The summed E-state index contributed by atoms with van der Waals surface area (Å²) >= 11 is 3.62. The molecule has 2 bridgehead atoms. The molecule has 4 atom stereocenters. The first kappa shape index (κ1) is 9.01. The topological polar surface area (TPSA) is 20.2 Å². The summed E-state index contributed by atoms with van der Waals surface area (Å²) in [6.07, 6.45) is 2.32. The first-order valence-corrected chi connectivity index (χ1v) is 5.65. The van der Waals surface area contributed by atoms with Gasteiger partial charge in [-0.05, 0) is 24.2 Å². The number of hydrogen-bond acceptors (Lipinski definition) is 1. The van der Waals surface area contributed by atoms with Gasteiger partial charge in [-0.25, -0.2) is 0 Å². The molecule has 0 saturated heterocycles. The molecule has 0 aliphatic heterocycles. The molecular weight excluding hydrogens is 216 g/mol. The highest BCUT2D eigenvalue weighted by atomic mass is 79.9. The number of rotatable bonds is 0. The van der Waals surface area contributed by atoms with Crippen LogP contribution in [0.5, 0.6) is 0 Å². The van der Waals surface area contributed by atoms with Crippen molar-refractivity contribution in [3.63, 3.8) is 0 Å². The molecular formula is C10H17BrO. The third kappa shape index (κ3) is 0.741. The van der Waals surface area contributed by atoms with Gasteiger partial charge in [-0.1, -0.05) is 36.7 Å². The minimum atomic E-state index is -0.147. The monoisotopic (exact) mass is 232 g/mol. The van der Waals surface area contributed by atoms with Crippen molar-refractivity contribution < 1.29 is 5.11 Å². The van der Waals surface area contributed by atoms with Crippen molar-refractivity contribution in [3.8, 4) is 0 Å². The number of hydrogen-bond donors (Lipinski definition) is 1. The summed E-state index contributed by atoms with van der Waals surface area (Å²) < 4.78 is 0. The van der Waals surface area contributed by atoms with E-state index in [4.69, 9.17) is 0 Å². The van der Waals surface area contributed by atoms with E-state index in [1.165, 1.54) is 12.8 Å². The highest BCUT2D eigenvalue weighted by Crippen LogP contribution is 2.66. The second-order valence-corrected chi connectivity index (χ2v) is 6.23. The standard InChI is InChI=1S/C10H17BrO/c1-9(2)6-4-5-10(9,3)8(12)7(6)11/h6-8,12H,4-5H2,1-3H3. The van der Waals surface area contributed by atoms with Crippen LogP contribution in [-0.4, -0.2) is 16.0 Å². The van der Waals surface area contributed by atoms with Crippen LogP contribution in [0.1, 0.15) is 33.6 Å². The van der Waals surface area contributed by atoms with Gasteiger partial charge in [0.2, 0.25) is 0 Å². The van der Waals surface area contributed by atoms with E-state index in [1.807, 2.05) is 0 Å². The van der Waals surface area contributed by atoms with Crippen LogP contribution < -0.4 is 0 Å². The summed E-state index contributed by atoms with van der Waals surface area (Å²) in [6.45, 7) is 6.84. The molecule has 1 nitrogen and oxygen atoms in total. The van der Waals surface area contributed by atoms with Crippen molar-refractivity contribution in [3.05, 3.63) is 0 Å². The summed E-state index contributed by atoms with van der Waals surface area (Å²) in [5.74, 6) is 0.664. The molecule has 0 spiro atoms. The lowest BCUT2D eigenvalue weighted by Gasteiger charge is -2.36. The van der Waals surface area contributed by atoms with E-state index in [2.05, 4.69) is 36.7 Å². The van der Waals surface area contributed by atoms with Crippen LogP contribution >= 0.6 is 15.9 Å². The number of alkyl halides is 1. The van der Waals surface area contributed by atoms with E-state index in [0.717, 1.165) is 0 Å². The van der Waals surface area contributed by atoms with Gasteiger partial charge >= 0.3 is 0 Å². The molecule has 4 unspecified atom stereocenters. The van der Waals surface area contributed by atoms with Crippen LogP contribution in [0.15, 0.2) is 0 Å². The maximum Gasteiger partial charge on any atom is 0.0726 e. The van der Waals surface area contributed by atoms with Gasteiger partial charge in [0.05, 0.1) is 6.10 Å². The lowest BCUT2D eigenvalue weighted by molar-refractivity contribution is 0.0154. The van der Waals surface area contributed by atoms with Gasteiger partial charge in [-0.3, -0.25) is 0 Å². The summed E-state index contributed by atoms with van der Waals surface area (Å²) in [4.78, 5) is 0.325. The Kier molecular flexibility index (Phi) is 1.70. The molecule has 0 amide bonds. The maximum atomic E-state index is 10.0. The van der Waals surface area contributed by atoms with Gasteiger partial charge in [0.15, 0.2) is 0 Å². The third-order valence-corrected chi connectivity index (χ3v) is 5.85.